The van der Waals surface area contributed by atoms with Crippen molar-refractivity contribution in [2.75, 3.05) is 12.3 Å². The van der Waals surface area contributed by atoms with Crippen LogP contribution in [0.1, 0.15) is 20.8 Å². The molecule has 0 saturated carbocycles. The molecule has 1 aromatic rings. The highest BCUT2D eigenvalue weighted by atomic mass is 16.5. The van der Waals surface area contributed by atoms with Gasteiger partial charge in [0.05, 0.1) is 5.69 Å². The van der Waals surface area contributed by atoms with Gasteiger partial charge < -0.3 is 21.1 Å². The Hall–Kier alpha value is -2.24. The van der Waals surface area contributed by atoms with Crippen molar-refractivity contribution in [1.29, 1.82) is 0 Å². The average molecular weight is 279 g/mol. The number of benzene rings is 1. The molecule has 110 valence electrons. The lowest BCUT2D eigenvalue weighted by Gasteiger charge is -2.16. The summed E-state index contributed by atoms with van der Waals surface area (Å²) >= 11 is 0. The zero-order valence-electron chi connectivity index (χ0n) is 12.0. The Morgan fingerprint density at radius 1 is 1.20 bits per heavy atom. The normalized spacial score (nSPS) is 11.8. The molecule has 0 aliphatic heterocycles. The molecular formula is C14H21N3O3. The van der Waals surface area contributed by atoms with Gasteiger partial charge in [-0.2, -0.15) is 0 Å². The molecule has 0 aliphatic carbocycles. The summed E-state index contributed by atoms with van der Waals surface area (Å²) in [6.07, 6.45) is 0. The highest BCUT2D eigenvalue weighted by Gasteiger charge is 2.16. The maximum atomic E-state index is 11.7. The van der Waals surface area contributed by atoms with E-state index in [2.05, 4.69) is 10.6 Å². The van der Waals surface area contributed by atoms with Crippen LogP contribution in [0.5, 0.6) is 5.75 Å². The van der Waals surface area contributed by atoms with Crippen molar-refractivity contribution < 1.29 is 14.3 Å². The number of ether oxygens (including phenoxy) is 1. The third-order valence-electron chi connectivity index (χ3n) is 2.48. The van der Waals surface area contributed by atoms with E-state index in [1.54, 1.807) is 31.2 Å². The summed E-state index contributed by atoms with van der Waals surface area (Å²) in [5.41, 5.74) is 6.15. The maximum Gasteiger partial charge on any atom is 0.258 e. The molecule has 2 amide bonds. The van der Waals surface area contributed by atoms with Crippen molar-refractivity contribution in [2.45, 2.75) is 32.9 Å². The Bertz CT molecular complexity index is 474. The van der Waals surface area contributed by atoms with Crippen LogP contribution >= 0.6 is 0 Å². The number of hydrogen-bond acceptors (Lipinski definition) is 4. The molecule has 6 nitrogen and oxygen atoms in total. The minimum absolute atomic E-state index is 0.0298. The number of carbonyl (C=O) groups is 2. The van der Waals surface area contributed by atoms with Crippen LogP contribution in [-0.4, -0.2) is 30.5 Å². The lowest BCUT2D eigenvalue weighted by atomic mass is 10.3. The number of nitrogens with one attached hydrogen (secondary N) is 2. The minimum atomic E-state index is -0.610. The lowest BCUT2D eigenvalue weighted by molar-refractivity contribution is -0.129. The second-order valence-corrected chi connectivity index (χ2v) is 4.78. The van der Waals surface area contributed by atoms with E-state index in [0.717, 1.165) is 0 Å². The van der Waals surface area contributed by atoms with Crippen LogP contribution in [-0.2, 0) is 9.59 Å². The molecule has 0 saturated heterocycles. The molecule has 0 aromatic heterocycles. The first-order valence-electron chi connectivity index (χ1n) is 6.47. The number of nitrogen functional groups attached to an aromatic ring is 1. The second kappa shape index (κ2) is 7.37. The molecule has 1 atom stereocenters. The van der Waals surface area contributed by atoms with Gasteiger partial charge >= 0.3 is 0 Å². The van der Waals surface area contributed by atoms with Gasteiger partial charge in [0.25, 0.3) is 5.91 Å². The Balaban J connectivity index is 2.40. The van der Waals surface area contributed by atoms with Gasteiger partial charge in [-0.3, -0.25) is 9.59 Å². The Kier molecular flexibility index (Phi) is 5.83. The van der Waals surface area contributed by atoms with Crippen molar-refractivity contribution in [1.82, 2.24) is 10.6 Å². The molecule has 4 N–H and O–H groups in total. The fraction of sp³-hybridized carbons (Fsp3) is 0.429. The first-order chi connectivity index (χ1) is 9.40. The summed E-state index contributed by atoms with van der Waals surface area (Å²) in [7, 11) is 0. The monoisotopic (exact) mass is 279 g/mol. The topological polar surface area (TPSA) is 93.5 Å². The van der Waals surface area contributed by atoms with Gasteiger partial charge in [-0.1, -0.05) is 12.1 Å². The number of para-hydroxylation sites is 2. The molecule has 0 aliphatic rings. The first kappa shape index (κ1) is 15.8. The van der Waals surface area contributed by atoms with Gasteiger partial charge in [0, 0.05) is 6.04 Å². The van der Waals surface area contributed by atoms with E-state index in [4.69, 9.17) is 10.5 Å². The Morgan fingerprint density at radius 2 is 1.85 bits per heavy atom. The summed E-state index contributed by atoms with van der Waals surface area (Å²) in [4.78, 5) is 23.3. The van der Waals surface area contributed by atoms with Crippen LogP contribution in [0, 0.1) is 0 Å². The van der Waals surface area contributed by atoms with Gasteiger partial charge in [-0.25, -0.2) is 0 Å². The summed E-state index contributed by atoms with van der Waals surface area (Å²) in [6.45, 7) is 5.14. The van der Waals surface area contributed by atoms with Crippen molar-refractivity contribution in [3.63, 3.8) is 0 Å². The van der Waals surface area contributed by atoms with Crippen LogP contribution in [0.25, 0.3) is 0 Å². The van der Waals surface area contributed by atoms with E-state index in [-0.39, 0.29) is 24.5 Å². The van der Waals surface area contributed by atoms with E-state index in [0.29, 0.717) is 11.4 Å². The van der Waals surface area contributed by atoms with Gasteiger partial charge in [0.1, 0.15) is 11.8 Å². The minimum Gasteiger partial charge on any atom is -0.482 e. The van der Waals surface area contributed by atoms with E-state index in [9.17, 15) is 9.59 Å². The summed E-state index contributed by atoms with van der Waals surface area (Å²) < 4.78 is 5.29. The maximum absolute atomic E-state index is 11.7. The third-order valence-corrected chi connectivity index (χ3v) is 2.48. The number of hydrogen-bond donors (Lipinski definition) is 3. The Morgan fingerprint density at radius 3 is 2.45 bits per heavy atom. The predicted molar refractivity (Wildman–Crippen MR) is 77.2 cm³/mol. The molecule has 0 radical (unpaired) electrons. The first-order valence-corrected chi connectivity index (χ1v) is 6.47. The molecule has 1 unspecified atom stereocenters. The molecule has 0 fully saturated rings. The van der Waals surface area contributed by atoms with Crippen LogP contribution in [0.4, 0.5) is 5.69 Å². The quantitative estimate of drug-likeness (QED) is 0.667. The molecule has 0 heterocycles. The van der Waals surface area contributed by atoms with E-state index in [1.165, 1.54) is 0 Å². The number of anilines is 1. The second-order valence-electron chi connectivity index (χ2n) is 4.78. The van der Waals surface area contributed by atoms with Crippen molar-refractivity contribution in [2.24, 2.45) is 0 Å². The van der Waals surface area contributed by atoms with Crippen molar-refractivity contribution in [3.05, 3.63) is 24.3 Å². The zero-order valence-corrected chi connectivity index (χ0v) is 12.0. The molecule has 1 rings (SSSR count). The number of carbonyl (C=O) groups excluding carboxylic acids is 2. The number of rotatable bonds is 6. The molecule has 0 bridgehead atoms. The smallest absolute Gasteiger partial charge is 0.258 e. The van der Waals surface area contributed by atoms with E-state index in [1.807, 2.05) is 13.8 Å². The SMILES string of the molecule is CC(C)NC(=O)C(C)NC(=O)COc1ccccc1N. The van der Waals surface area contributed by atoms with Crippen molar-refractivity contribution >= 4 is 17.5 Å². The fourth-order valence-electron chi connectivity index (χ4n) is 1.51. The lowest BCUT2D eigenvalue weighted by Crippen LogP contribution is -2.47. The summed E-state index contributed by atoms with van der Waals surface area (Å²) in [6, 6.07) is 6.33. The summed E-state index contributed by atoms with van der Waals surface area (Å²) in [5, 5.41) is 5.27. The van der Waals surface area contributed by atoms with E-state index < -0.39 is 6.04 Å². The van der Waals surface area contributed by atoms with E-state index >= 15 is 0 Å². The molecule has 20 heavy (non-hydrogen) atoms. The largest absolute Gasteiger partial charge is 0.482 e. The number of nitrogens with two attached hydrogens (primary N) is 1. The van der Waals surface area contributed by atoms with Gasteiger partial charge in [0.2, 0.25) is 5.91 Å². The molecule has 6 heteroatoms. The number of amides is 2. The Labute approximate surface area is 118 Å². The fourth-order valence-corrected chi connectivity index (χ4v) is 1.51. The van der Waals surface area contributed by atoms with Crippen LogP contribution in [0.15, 0.2) is 24.3 Å². The van der Waals surface area contributed by atoms with Crippen LogP contribution in [0.3, 0.4) is 0 Å². The average Bonchev–Trinajstić information content (AvgIpc) is 2.37. The van der Waals surface area contributed by atoms with Crippen LogP contribution < -0.4 is 21.1 Å². The zero-order chi connectivity index (χ0) is 15.1. The van der Waals surface area contributed by atoms with Gasteiger partial charge in [-0.15, -0.1) is 0 Å². The highest BCUT2D eigenvalue weighted by molar-refractivity contribution is 5.87. The standard InChI is InChI=1S/C14H21N3O3/c1-9(2)16-14(19)10(3)17-13(18)8-20-12-7-5-4-6-11(12)15/h4-7,9-10H,8,15H2,1-3H3,(H,16,19)(H,17,18). The van der Waals surface area contributed by atoms with Crippen LogP contribution in [0.2, 0.25) is 0 Å². The van der Waals surface area contributed by atoms with Gasteiger partial charge in [0.15, 0.2) is 6.61 Å². The van der Waals surface area contributed by atoms with Gasteiger partial charge in [-0.05, 0) is 32.9 Å². The third kappa shape index (κ3) is 5.17. The molecule has 1 aromatic carbocycles. The molecular weight excluding hydrogens is 258 g/mol. The predicted octanol–water partition coefficient (Wildman–Crippen LogP) is 0.677. The summed E-state index contributed by atoms with van der Waals surface area (Å²) in [5.74, 6) is -0.158. The highest BCUT2D eigenvalue weighted by Crippen LogP contribution is 2.19. The van der Waals surface area contributed by atoms with Crippen molar-refractivity contribution in [3.8, 4) is 5.75 Å². The molecule has 0 spiro atoms.